The molecule has 4 nitrogen and oxygen atoms in total. The maximum Gasteiger partial charge on any atom is 0.263 e. The van der Waals surface area contributed by atoms with Crippen molar-refractivity contribution >= 4 is 31.6 Å². The Hall–Kier alpha value is -1.53. The van der Waals surface area contributed by atoms with Crippen molar-refractivity contribution in [3.05, 3.63) is 53.0 Å². The molecule has 0 radical (unpaired) electrons. The molecule has 2 aromatic carbocycles. The van der Waals surface area contributed by atoms with Crippen LogP contribution in [0.1, 0.15) is 6.92 Å². The van der Waals surface area contributed by atoms with Crippen LogP contribution in [-0.2, 0) is 10.0 Å². The van der Waals surface area contributed by atoms with E-state index in [1.807, 2.05) is 6.92 Å². The molecule has 0 spiro atoms. The number of ether oxygens (including phenoxy) is 1. The van der Waals surface area contributed by atoms with E-state index in [9.17, 15) is 8.42 Å². The molecule has 1 N–H and O–H groups in total. The van der Waals surface area contributed by atoms with Gasteiger partial charge in [0.2, 0.25) is 0 Å². The first-order chi connectivity index (χ1) is 9.53. The summed E-state index contributed by atoms with van der Waals surface area (Å²) in [5, 5.41) is 0. The molecule has 0 aromatic heterocycles. The van der Waals surface area contributed by atoms with E-state index in [-0.39, 0.29) is 4.90 Å². The summed E-state index contributed by atoms with van der Waals surface area (Å²) in [5.41, 5.74) is 0.465. The van der Waals surface area contributed by atoms with Crippen molar-refractivity contribution in [2.45, 2.75) is 11.8 Å². The molecular weight excluding hydrogens is 342 g/mol. The Balaban J connectivity index is 2.29. The molecular formula is C14H14BrNO3S. The fourth-order valence-corrected chi connectivity index (χ4v) is 3.74. The SMILES string of the molecule is CCOc1cccc(NS(=O)(=O)c2ccccc2Br)c1. The number of anilines is 1. The van der Waals surface area contributed by atoms with E-state index in [0.29, 0.717) is 22.5 Å². The molecule has 0 saturated carbocycles. The minimum absolute atomic E-state index is 0.196. The Kier molecular flexibility index (Phi) is 4.67. The molecule has 2 rings (SSSR count). The van der Waals surface area contributed by atoms with Crippen molar-refractivity contribution in [3.63, 3.8) is 0 Å². The zero-order valence-electron chi connectivity index (χ0n) is 10.8. The highest BCUT2D eigenvalue weighted by atomic mass is 79.9. The van der Waals surface area contributed by atoms with Crippen LogP contribution >= 0.6 is 15.9 Å². The Morgan fingerprint density at radius 3 is 2.60 bits per heavy atom. The molecule has 0 amide bonds. The van der Waals surface area contributed by atoms with Crippen molar-refractivity contribution in [1.29, 1.82) is 0 Å². The maximum absolute atomic E-state index is 12.3. The molecule has 6 heteroatoms. The summed E-state index contributed by atoms with van der Waals surface area (Å²) < 4.78 is 33.0. The Morgan fingerprint density at radius 2 is 1.90 bits per heavy atom. The minimum atomic E-state index is -3.63. The smallest absolute Gasteiger partial charge is 0.263 e. The zero-order valence-corrected chi connectivity index (χ0v) is 13.2. The fourth-order valence-electron chi connectivity index (χ4n) is 1.69. The Morgan fingerprint density at radius 1 is 1.15 bits per heavy atom. The second-order valence-electron chi connectivity index (χ2n) is 4.00. The number of hydrogen-bond donors (Lipinski definition) is 1. The average Bonchev–Trinajstić information content (AvgIpc) is 2.39. The van der Waals surface area contributed by atoms with E-state index in [1.54, 1.807) is 48.5 Å². The van der Waals surface area contributed by atoms with Gasteiger partial charge in [-0.2, -0.15) is 0 Å². The standard InChI is InChI=1S/C14H14BrNO3S/c1-2-19-12-7-5-6-11(10-12)16-20(17,18)14-9-4-3-8-13(14)15/h3-10,16H,2H2,1H3. The molecule has 106 valence electrons. The van der Waals surface area contributed by atoms with Crippen molar-refractivity contribution in [2.24, 2.45) is 0 Å². The van der Waals surface area contributed by atoms with Crippen LogP contribution in [-0.4, -0.2) is 15.0 Å². The minimum Gasteiger partial charge on any atom is -0.494 e. The van der Waals surface area contributed by atoms with Crippen molar-refractivity contribution in [2.75, 3.05) is 11.3 Å². The highest BCUT2D eigenvalue weighted by Crippen LogP contribution is 2.25. The van der Waals surface area contributed by atoms with Crippen LogP contribution in [0.3, 0.4) is 0 Å². The van der Waals surface area contributed by atoms with Gasteiger partial charge >= 0.3 is 0 Å². The molecule has 0 saturated heterocycles. The lowest BCUT2D eigenvalue weighted by molar-refractivity contribution is 0.340. The van der Waals surface area contributed by atoms with Gasteiger partial charge in [0.1, 0.15) is 10.6 Å². The highest BCUT2D eigenvalue weighted by Gasteiger charge is 2.17. The lowest BCUT2D eigenvalue weighted by Crippen LogP contribution is -2.13. The molecule has 0 aliphatic carbocycles. The van der Waals surface area contributed by atoms with Crippen molar-refractivity contribution in [3.8, 4) is 5.75 Å². The first-order valence-electron chi connectivity index (χ1n) is 6.03. The van der Waals surface area contributed by atoms with E-state index in [2.05, 4.69) is 20.7 Å². The summed E-state index contributed by atoms with van der Waals surface area (Å²) in [6.45, 7) is 2.40. The summed E-state index contributed by atoms with van der Waals surface area (Å²) >= 11 is 3.24. The third kappa shape index (κ3) is 3.52. The van der Waals surface area contributed by atoms with Gasteiger partial charge in [-0.25, -0.2) is 8.42 Å². The first-order valence-corrected chi connectivity index (χ1v) is 8.31. The summed E-state index contributed by atoms with van der Waals surface area (Å²) in [4.78, 5) is 0.196. The zero-order chi connectivity index (χ0) is 14.6. The Bertz CT molecular complexity index is 701. The van der Waals surface area contributed by atoms with Gasteiger partial charge in [-0.3, -0.25) is 4.72 Å². The number of sulfonamides is 1. The topological polar surface area (TPSA) is 55.4 Å². The summed E-state index contributed by atoms with van der Waals surface area (Å²) in [5.74, 6) is 0.625. The number of nitrogens with one attached hydrogen (secondary N) is 1. The van der Waals surface area contributed by atoms with Gasteiger partial charge in [-0.1, -0.05) is 18.2 Å². The van der Waals surface area contributed by atoms with Gasteiger partial charge in [0.05, 0.1) is 12.3 Å². The van der Waals surface area contributed by atoms with Gasteiger partial charge in [0.15, 0.2) is 0 Å². The van der Waals surface area contributed by atoms with Crippen LogP contribution in [0, 0.1) is 0 Å². The molecule has 2 aromatic rings. The van der Waals surface area contributed by atoms with Crippen LogP contribution in [0.5, 0.6) is 5.75 Å². The van der Waals surface area contributed by atoms with E-state index in [0.717, 1.165) is 0 Å². The molecule has 0 atom stereocenters. The van der Waals surface area contributed by atoms with Crippen LogP contribution in [0.25, 0.3) is 0 Å². The second-order valence-corrected chi connectivity index (χ2v) is 6.50. The third-order valence-electron chi connectivity index (χ3n) is 2.52. The molecule has 0 unspecified atom stereocenters. The average molecular weight is 356 g/mol. The monoisotopic (exact) mass is 355 g/mol. The van der Waals surface area contributed by atoms with Crippen LogP contribution in [0.2, 0.25) is 0 Å². The summed E-state index contributed by atoms with van der Waals surface area (Å²) in [6, 6.07) is 13.5. The molecule has 0 bridgehead atoms. The second kappa shape index (κ2) is 6.28. The highest BCUT2D eigenvalue weighted by molar-refractivity contribution is 9.10. The van der Waals surface area contributed by atoms with Gasteiger partial charge in [-0.15, -0.1) is 0 Å². The molecule has 0 aliphatic heterocycles. The van der Waals surface area contributed by atoms with Crippen molar-refractivity contribution in [1.82, 2.24) is 0 Å². The van der Waals surface area contributed by atoms with Crippen LogP contribution in [0.15, 0.2) is 57.9 Å². The molecule has 0 fully saturated rings. The lowest BCUT2D eigenvalue weighted by Gasteiger charge is -2.10. The van der Waals surface area contributed by atoms with Gasteiger partial charge < -0.3 is 4.74 Å². The number of halogens is 1. The normalized spacial score (nSPS) is 11.1. The van der Waals surface area contributed by atoms with E-state index in [1.165, 1.54) is 0 Å². The fraction of sp³-hybridized carbons (Fsp3) is 0.143. The summed E-state index contributed by atoms with van der Waals surface area (Å²) in [6.07, 6.45) is 0. The molecule has 0 heterocycles. The summed E-state index contributed by atoms with van der Waals surface area (Å²) in [7, 11) is -3.63. The maximum atomic E-state index is 12.3. The number of rotatable bonds is 5. The first kappa shape index (κ1) is 14.9. The Labute approximate surface area is 127 Å². The largest absolute Gasteiger partial charge is 0.494 e. The lowest BCUT2D eigenvalue weighted by atomic mass is 10.3. The van der Waals surface area contributed by atoms with Crippen LogP contribution in [0.4, 0.5) is 5.69 Å². The van der Waals surface area contributed by atoms with Gasteiger partial charge in [-0.05, 0) is 47.1 Å². The molecule has 20 heavy (non-hydrogen) atoms. The van der Waals surface area contributed by atoms with Crippen LogP contribution < -0.4 is 9.46 Å². The number of benzene rings is 2. The van der Waals surface area contributed by atoms with Gasteiger partial charge in [0.25, 0.3) is 10.0 Å². The predicted molar refractivity (Wildman–Crippen MR) is 82.6 cm³/mol. The van der Waals surface area contributed by atoms with E-state index in [4.69, 9.17) is 4.74 Å². The third-order valence-corrected chi connectivity index (χ3v) is 4.92. The van der Waals surface area contributed by atoms with Gasteiger partial charge in [0, 0.05) is 10.5 Å². The van der Waals surface area contributed by atoms with Crippen molar-refractivity contribution < 1.29 is 13.2 Å². The van der Waals surface area contributed by atoms with E-state index < -0.39 is 10.0 Å². The molecule has 0 aliphatic rings. The van der Waals surface area contributed by atoms with E-state index >= 15 is 0 Å². The number of hydrogen-bond acceptors (Lipinski definition) is 3. The predicted octanol–water partition coefficient (Wildman–Crippen LogP) is 3.65. The quantitative estimate of drug-likeness (QED) is 0.890.